The lowest BCUT2D eigenvalue weighted by Crippen LogP contribution is -2.00. The van der Waals surface area contributed by atoms with Gasteiger partial charge >= 0.3 is 0 Å². The molecule has 2 rings (SSSR count). The maximum absolute atomic E-state index is 13.0. The summed E-state index contributed by atoms with van der Waals surface area (Å²) in [6, 6.07) is 11.8. The molecule has 0 fully saturated rings. The second-order valence-electron chi connectivity index (χ2n) is 4.11. The summed E-state index contributed by atoms with van der Waals surface area (Å²) in [5, 5.41) is 0. The number of hydrogen-bond donors (Lipinski definition) is 1. The molecule has 0 atom stereocenters. The zero-order valence-corrected chi connectivity index (χ0v) is 10.7. The molecule has 0 aliphatic carbocycles. The molecule has 0 saturated heterocycles. The Balaban J connectivity index is 2.11. The summed E-state index contributed by atoms with van der Waals surface area (Å²) in [7, 11) is 1.57. The molecule has 19 heavy (non-hydrogen) atoms. The van der Waals surface area contributed by atoms with Crippen LogP contribution >= 0.6 is 0 Å². The fraction of sp³-hybridized carbons (Fsp3) is 0.200. The van der Waals surface area contributed by atoms with E-state index in [9.17, 15) is 4.39 Å². The molecular formula is C15H16FNO2. The Morgan fingerprint density at radius 2 is 1.89 bits per heavy atom. The van der Waals surface area contributed by atoms with Crippen LogP contribution in [0.5, 0.6) is 11.5 Å². The minimum absolute atomic E-state index is 0.272. The third-order valence-corrected chi connectivity index (χ3v) is 2.75. The van der Waals surface area contributed by atoms with E-state index in [-0.39, 0.29) is 12.4 Å². The zero-order chi connectivity index (χ0) is 13.7. The van der Waals surface area contributed by atoms with E-state index in [1.54, 1.807) is 19.2 Å². The Labute approximate surface area is 111 Å². The first-order valence-electron chi connectivity index (χ1n) is 5.97. The summed E-state index contributed by atoms with van der Waals surface area (Å²) >= 11 is 0. The SMILES string of the molecule is COc1cc(CN)ccc1OCc1cccc(F)c1. The van der Waals surface area contributed by atoms with Crippen molar-refractivity contribution < 1.29 is 13.9 Å². The van der Waals surface area contributed by atoms with Crippen molar-refractivity contribution in [2.75, 3.05) is 7.11 Å². The normalized spacial score (nSPS) is 10.3. The molecule has 0 amide bonds. The molecule has 0 aliphatic heterocycles. The van der Waals surface area contributed by atoms with Gasteiger partial charge in [0.25, 0.3) is 0 Å². The largest absolute Gasteiger partial charge is 0.493 e. The van der Waals surface area contributed by atoms with Gasteiger partial charge in [-0.25, -0.2) is 4.39 Å². The number of methoxy groups -OCH3 is 1. The fourth-order valence-corrected chi connectivity index (χ4v) is 1.75. The van der Waals surface area contributed by atoms with Crippen LogP contribution < -0.4 is 15.2 Å². The van der Waals surface area contributed by atoms with Gasteiger partial charge in [-0.2, -0.15) is 0 Å². The van der Waals surface area contributed by atoms with Gasteiger partial charge in [-0.1, -0.05) is 18.2 Å². The van der Waals surface area contributed by atoms with Gasteiger partial charge in [-0.05, 0) is 35.4 Å². The second-order valence-corrected chi connectivity index (χ2v) is 4.11. The fourth-order valence-electron chi connectivity index (χ4n) is 1.75. The van der Waals surface area contributed by atoms with Crippen molar-refractivity contribution in [3.8, 4) is 11.5 Å². The predicted molar refractivity (Wildman–Crippen MR) is 71.6 cm³/mol. The molecule has 0 bridgehead atoms. The first kappa shape index (κ1) is 13.4. The van der Waals surface area contributed by atoms with Crippen LogP contribution in [0.3, 0.4) is 0 Å². The Hall–Kier alpha value is -2.07. The monoisotopic (exact) mass is 261 g/mol. The topological polar surface area (TPSA) is 44.5 Å². The predicted octanol–water partition coefficient (Wildman–Crippen LogP) is 2.87. The van der Waals surface area contributed by atoms with E-state index < -0.39 is 0 Å². The maximum Gasteiger partial charge on any atom is 0.161 e. The van der Waals surface area contributed by atoms with Crippen LogP contribution in [0, 0.1) is 5.82 Å². The van der Waals surface area contributed by atoms with Crippen molar-refractivity contribution in [2.45, 2.75) is 13.2 Å². The Morgan fingerprint density at radius 1 is 1.05 bits per heavy atom. The summed E-state index contributed by atoms with van der Waals surface area (Å²) in [5.41, 5.74) is 7.30. The summed E-state index contributed by atoms with van der Waals surface area (Å²) < 4.78 is 23.9. The molecule has 0 unspecified atom stereocenters. The summed E-state index contributed by atoms with van der Waals surface area (Å²) in [6.07, 6.45) is 0. The van der Waals surface area contributed by atoms with Gasteiger partial charge in [-0.15, -0.1) is 0 Å². The van der Waals surface area contributed by atoms with Crippen molar-refractivity contribution in [1.82, 2.24) is 0 Å². The van der Waals surface area contributed by atoms with Crippen LogP contribution in [-0.4, -0.2) is 7.11 Å². The molecule has 2 aromatic carbocycles. The average molecular weight is 261 g/mol. The Morgan fingerprint density at radius 3 is 2.58 bits per heavy atom. The molecule has 2 N–H and O–H groups in total. The van der Waals surface area contributed by atoms with Gasteiger partial charge < -0.3 is 15.2 Å². The highest BCUT2D eigenvalue weighted by atomic mass is 19.1. The molecule has 2 aromatic rings. The average Bonchev–Trinajstić information content (AvgIpc) is 2.45. The number of nitrogens with two attached hydrogens (primary N) is 1. The van der Waals surface area contributed by atoms with E-state index in [1.165, 1.54) is 12.1 Å². The van der Waals surface area contributed by atoms with Crippen molar-refractivity contribution in [2.24, 2.45) is 5.73 Å². The van der Waals surface area contributed by atoms with Crippen LogP contribution in [0.25, 0.3) is 0 Å². The number of hydrogen-bond acceptors (Lipinski definition) is 3. The summed E-state index contributed by atoms with van der Waals surface area (Å²) in [6.45, 7) is 0.733. The van der Waals surface area contributed by atoms with E-state index in [1.807, 2.05) is 18.2 Å². The van der Waals surface area contributed by atoms with Gasteiger partial charge in [-0.3, -0.25) is 0 Å². The first-order chi connectivity index (χ1) is 9.22. The van der Waals surface area contributed by atoms with Gasteiger partial charge in [0.1, 0.15) is 12.4 Å². The van der Waals surface area contributed by atoms with E-state index in [0.717, 1.165) is 11.1 Å². The lowest BCUT2D eigenvalue weighted by atomic mass is 10.2. The van der Waals surface area contributed by atoms with Crippen LogP contribution in [0.1, 0.15) is 11.1 Å². The molecule has 0 heterocycles. The smallest absolute Gasteiger partial charge is 0.161 e. The third kappa shape index (κ3) is 3.45. The van der Waals surface area contributed by atoms with Crippen molar-refractivity contribution >= 4 is 0 Å². The van der Waals surface area contributed by atoms with Crippen molar-refractivity contribution in [3.63, 3.8) is 0 Å². The van der Waals surface area contributed by atoms with E-state index >= 15 is 0 Å². The number of halogens is 1. The van der Waals surface area contributed by atoms with Gasteiger partial charge in [0, 0.05) is 6.54 Å². The number of benzene rings is 2. The third-order valence-electron chi connectivity index (χ3n) is 2.75. The van der Waals surface area contributed by atoms with E-state index in [4.69, 9.17) is 15.2 Å². The molecule has 0 aliphatic rings. The van der Waals surface area contributed by atoms with Crippen LogP contribution in [0.4, 0.5) is 4.39 Å². The highest BCUT2D eigenvalue weighted by Crippen LogP contribution is 2.28. The highest BCUT2D eigenvalue weighted by molar-refractivity contribution is 5.43. The summed E-state index contributed by atoms with van der Waals surface area (Å²) in [5.74, 6) is 0.967. The standard InChI is InChI=1S/C15H16FNO2/c1-18-15-8-11(9-17)5-6-14(15)19-10-12-3-2-4-13(16)7-12/h2-8H,9-10,17H2,1H3. The maximum atomic E-state index is 13.0. The van der Waals surface area contributed by atoms with E-state index in [2.05, 4.69) is 0 Å². The molecule has 3 nitrogen and oxygen atoms in total. The van der Waals surface area contributed by atoms with Gasteiger partial charge in [0.15, 0.2) is 11.5 Å². The highest BCUT2D eigenvalue weighted by Gasteiger charge is 2.06. The molecule has 0 spiro atoms. The molecule has 100 valence electrons. The lowest BCUT2D eigenvalue weighted by molar-refractivity contribution is 0.284. The van der Waals surface area contributed by atoms with Crippen LogP contribution in [-0.2, 0) is 13.2 Å². The number of rotatable bonds is 5. The zero-order valence-electron chi connectivity index (χ0n) is 10.7. The van der Waals surface area contributed by atoms with Crippen molar-refractivity contribution in [1.29, 1.82) is 0 Å². The first-order valence-corrected chi connectivity index (χ1v) is 5.97. The molecule has 0 saturated carbocycles. The quantitative estimate of drug-likeness (QED) is 0.900. The van der Waals surface area contributed by atoms with Gasteiger partial charge in [0.05, 0.1) is 7.11 Å². The minimum atomic E-state index is -0.272. The molecular weight excluding hydrogens is 245 g/mol. The Bertz CT molecular complexity index is 558. The second kappa shape index (κ2) is 6.20. The van der Waals surface area contributed by atoms with Gasteiger partial charge in [0.2, 0.25) is 0 Å². The molecule has 0 aromatic heterocycles. The van der Waals surface area contributed by atoms with E-state index in [0.29, 0.717) is 18.0 Å². The van der Waals surface area contributed by atoms with Crippen LogP contribution in [0.15, 0.2) is 42.5 Å². The summed E-state index contributed by atoms with van der Waals surface area (Å²) in [4.78, 5) is 0. The minimum Gasteiger partial charge on any atom is -0.493 e. The number of ether oxygens (including phenoxy) is 2. The molecule has 0 radical (unpaired) electrons. The lowest BCUT2D eigenvalue weighted by Gasteiger charge is -2.11. The Kier molecular flexibility index (Phi) is 4.36. The van der Waals surface area contributed by atoms with Crippen molar-refractivity contribution in [3.05, 3.63) is 59.4 Å². The van der Waals surface area contributed by atoms with Crippen LogP contribution in [0.2, 0.25) is 0 Å². The molecule has 4 heteroatoms.